The van der Waals surface area contributed by atoms with Gasteiger partial charge in [0, 0.05) is 0 Å². The van der Waals surface area contributed by atoms with Crippen LogP contribution in [-0.4, -0.2) is 15.0 Å². The summed E-state index contributed by atoms with van der Waals surface area (Å²) in [6, 6.07) is 4.67. The van der Waals surface area contributed by atoms with E-state index in [0.717, 1.165) is 11.3 Å². The lowest BCUT2D eigenvalue weighted by Crippen LogP contribution is -2.16. The summed E-state index contributed by atoms with van der Waals surface area (Å²) in [7, 11) is 0. The van der Waals surface area contributed by atoms with Crippen molar-refractivity contribution < 1.29 is 4.39 Å². The van der Waals surface area contributed by atoms with E-state index in [1.54, 1.807) is 24.5 Å². The van der Waals surface area contributed by atoms with Gasteiger partial charge in [-0.25, -0.2) is 4.39 Å². The number of hydrogen-bond acceptors (Lipinski definition) is 2. The molecule has 0 atom stereocenters. The summed E-state index contributed by atoms with van der Waals surface area (Å²) in [5.74, 6) is -0.235. The molecule has 0 radical (unpaired) electrons. The van der Waals surface area contributed by atoms with Crippen LogP contribution in [0.1, 0.15) is 26.3 Å². The third kappa shape index (κ3) is 1.96. The standard InChI is InChI=1S/C12H14FN3/c1-12(2,3)10-8-9(13)4-5-11(10)16-14-6-7-15-16/h4-8H,1-3H3. The Morgan fingerprint density at radius 1 is 1.12 bits per heavy atom. The molecule has 0 fully saturated rings. The van der Waals surface area contributed by atoms with Crippen LogP contribution in [0.25, 0.3) is 5.69 Å². The number of rotatable bonds is 1. The molecule has 0 unspecified atom stereocenters. The molecule has 0 N–H and O–H groups in total. The Balaban J connectivity index is 2.62. The molecule has 0 aliphatic carbocycles. The molecular formula is C12H14FN3. The zero-order valence-corrected chi connectivity index (χ0v) is 9.61. The summed E-state index contributed by atoms with van der Waals surface area (Å²) in [5.41, 5.74) is 1.56. The third-order valence-corrected chi connectivity index (χ3v) is 2.40. The van der Waals surface area contributed by atoms with E-state index in [-0.39, 0.29) is 11.2 Å². The average molecular weight is 219 g/mol. The monoisotopic (exact) mass is 219 g/mol. The fourth-order valence-corrected chi connectivity index (χ4v) is 1.62. The number of halogens is 1. The SMILES string of the molecule is CC(C)(C)c1cc(F)ccc1-n1nccn1. The van der Waals surface area contributed by atoms with Gasteiger partial charge in [0.2, 0.25) is 0 Å². The van der Waals surface area contributed by atoms with E-state index in [4.69, 9.17) is 0 Å². The summed E-state index contributed by atoms with van der Waals surface area (Å²) >= 11 is 0. The fourth-order valence-electron chi connectivity index (χ4n) is 1.62. The Bertz CT molecular complexity index is 483. The molecule has 0 saturated heterocycles. The largest absolute Gasteiger partial charge is 0.207 e. The van der Waals surface area contributed by atoms with Crippen molar-refractivity contribution in [3.63, 3.8) is 0 Å². The predicted octanol–water partition coefficient (Wildman–Crippen LogP) is 2.70. The van der Waals surface area contributed by atoms with Crippen LogP contribution in [0.3, 0.4) is 0 Å². The maximum absolute atomic E-state index is 13.3. The predicted molar refractivity (Wildman–Crippen MR) is 60.0 cm³/mol. The highest BCUT2D eigenvalue weighted by Crippen LogP contribution is 2.28. The molecule has 4 heteroatoms. The summed E-state index contributed by atoms with van der Waals surface area (Å²) in [6.45, 7) is 6.11. The van der Waals surface area contributed by atoms with E-state index >= 15 is 0 Å². The number of benzene rings is 1. The van der Waals surface area contributed by atoms with E-state index in [0.29, 0.717) is 0 Å². The average Bonchev–Trinajstić information content (AvgIpc) is 2.69. The first-order chi connectivity index (χ1) is 7.48. The highest BCUT2D eigenvalue weighted by molar-refractivity contribution is 5.43. The van der Waals surface area contributed by atoms with Gasteiger partial charge in [0.15, 0.2) is 0 Å². The van der Waals surface area contributed by atoms with Gasteiger partial charge in [-0.05, 0) is 29.2 Å². The Morgan fingerprint density at radius 2 is 1.75 bits per heavy atom. The van der Waals surface area contributed by atoms with Gasteiger partial charge >= 0.3 is 0 Å². The molecule has 84 valence electrons. The Morgan fingerprint density at radius 3 is 2.31 bits per heavy atom. The molecule has 16 heavy (non-hydrogen) atoms. The molecule has 0 saturated carbocycles. The van der Waals surface area contributed by atoms with E-state index in [9.17, 15) is 4.39 Å². The molecular weight excluding hydrogens is 205 g/mol. The molecule has 1 aromatic heterocycles. The maximum atomic E-state index is 13.3. The van der Waals surface area contributed by atoms with Gasteiger partial charge in [0.05, 0.1) is 18.1 Å². The third-order valence-electron chi connectivity index (χ3n) is 2.40. The van der Waals surface area contributed by atoms with Crippen molar-refractivity contribution in [2.45, 2.75) is 26.2 Å². The first kappa shape index (κ1) is 10.8. The van der Waals surface area contributed by atoms with Gasteiger partial charge in [0.25, 0.3) is 0 Å². The molecule has 0 bridgehead atoms. The molecule has 0 amide bonds. The number of nitrogens with zero attached hydrogens (tertiary/aromatic N) is 3. The molecule has 0 aliphatic heterocycles. The Hall–Kier alpha value is -1.71. The lowest BCUT2D eigenvalue weighted by Gasteiger charge is -2.22. The van der Waals surface area contributed by atoms with Crippen LogP contribution in [0.2, 0.25) is 0 Å². The van der Waals surface area contributed by atoms with E-state index in [1.165, 1.54) is 10.9 Å². The zero-order chi connectivity index (χ0) is 11.8. The van der Waals surface area contributed by atoms with Crippen LogP contribution in [0.5, 0.6) is 0 Å². The quantitative estimate of drug-likeness (QED) is 0.738. The van der Waals surface area contributed by atoms with Crippen LogP contribution in [0.4, 0.5) is 4.39 Å². The van der Waals surface area contributed by atoms with Crippen molar-refractivity contribution in [3.8, 4) is 5.69 Å². The Labute approximate surface area is 93.9 Å². The van der Waals surface area contributed by atoms with Crippen LogP contribution < -0.4 is 0 Å². The van der Waals surface area contributed by atoms with Crippen molar-refractivity contribution in [2.75, 3.05) is 0 Å². The second kappa shape index (κ2) is 3.70. The van der Waals surface area contributed by atoms with Crippen LogP contribution >= 0.6 is 0 Å². The van der Waals surface area contributed by atoms with Gasteiger partial charge in [0.1, 0.15) is 5.82 Å². The number of hydrogen-bond donors (Lipinski definition) is 0. The van der Waals surface area contributed by atoms with Crippen molar-refractivity contribution in [1.29, 1.82) is 0 Å². The minimum absolute atomic E-state index is 0.148. The summed E-state index contributed by atoms with van der Waals surface area (Å²) in [4.78, 5) is 1.51. The molecule has 2 rings (SSSR count). The zero-order valence-electron chi connectivity index (χ0n) is 9.61. The molecule has 1 aromatic carbocycles. The van der Waals surface area contributed by atoms with Crippen LogP contribution in [0, 0.1) is 5.82 Å². The van der Waals surface area contributed by atoms with Gasteiger partial charge in [-0.15, -0.1) is 0 Å². The Kier molecular flexibility index (Phi) is 2.50. The highest BCUT2D eigenvalue weighted by Gasteiger charge is 2.20. The molecule has 1 heterocycles. The summed E-state index contributed by atoms with van der Waals surface area (Å²) in [5, 5.41) is 8.15. The van der Waals surface area contributed by atoms with Crippen molar-refractivity contribution in [1.82, 2.24) is 15.0 Å². The highest BCUT2D eigenvalue weighted by atomic mass is 19.1. The van der Waals surface area contributed by atoms with Crippen molar-refractivity contribution >= 4 is 0 Å². The van der Waals surface area contributed by atoms with Crippen molar-refractivity contribution in [3.05, 3.63) is 42.0 Å². The summed E-state index contributed by atoms with van der Waals surface area (Å²) in [6.07, 6.45) is 3.21. The van der Waals surface area contributed by atoms with Gasteiger partial charge in [-0.2, -0.15) is 15.0 Å². The topological polar surface area (TPSA) is 30.7 Å². The smallest absolute Gasteiger partial charge is 0.123 e. The first-order valence-corrected chi connectivity index (χ1v) is 5.15. The van der Waals surface area contributed by atoms with Crippen LogP contribution in [-0.2, 0) is 5.41 Å². The minimum Gasteiger partial charge on any atom is -0.207 e. The van der Waals surface area contributed by atoms with Gasteiger partial charge in [-0.1, -0.05) is 20.8 Å². The molecule has 0 spiro atoms. The number of aromatic nitrogens is 3. The molecule has 3 nitrogen and oxygen atoms in total. The summed E-state index contributed by atoms with van der Waals surface area (Å²) < 4.78 is 13.3. The van der Waals surface area contributed by atoms with E-state index < -0.39 is 0 Å². The van der Waals surface area contributed by atoms with Crippen LogP contribution in [0.15, 0.2) is 30.6 Å². The van der Waals surface area contributed by atoms with Crippen molar-refractivity contribution in [2.24, 2.45) is 0 Å². The molecule has 0 aliphatic rings. The fraction of sp³-hybridized carbons (Fsp3) is 0.333. The van der Waals surface area contributed by atoms with E-state index in [2.05, 4.69) is 10.2 Å². The van der Waals surface area contributed by atoms with Gasteiger partial charge in [-0.3, -0.25) is 0 Å². The lowest BCUT2D eigenvalue weighted by molar-refractivity contribution is 0.561. The minimum atomic E-state index is -0.235. The second-order valence-electron chi connectivity index (χ2n) is 4.73. The maximum Gasteiger partial charge on any atom is 0.123 e. The lowest BCUT2D eigenvalue weighted by atomic mass is 9.86. The van der Waals surface area contributed by atoms with E-state index in [1.807, 2.05) is 20.8 Å². The molecule has 2 aromatic rings. The van der Waals surface area contributed by atoms with Gasteiger partial charge < -0.3 is 0 Å². The second-order valence-corrected chi connectivity index (χ2v) is 4.73. The first-order valence-electron chi connectivity index (χ1n) is 5.15. The normalized spacial score (nSPS) is 11.8.